The van der Waals surface area contributed by atoms with Crippen LogP contribution in [0.5, 0.6) is 0 Å². The van der Waals surface area contributed by atoms with E-state index in [9.17, 15) is 0 Å². The second-order valence-corrected chi connectivity index (χ2v) is 0. The molecule has 0 nitrogen and oxygen atoms in total. The molecule has 0 aliphatic heterocycles. The number of hydrogen-bond donors (Lipinski definition) is 0. The number of hydrogen-bond acceptors (Lipinski definition) is 0. The summed E-state index contributed by atoms with van der Waals surface area (Å²) in [4.78, 5) is 0. The van der Waals surface area contributed by atoms with E-state index in [4.69, 9.17) is 0 Å². The molecule has 0 aliphatic carbocycles. The molecule has 0 saturated heterocycles. The van der Waals surface area contributed by atoms with Crippen LogP contribution in [0.4, 0.5) is 0 Å². The Morgan fingerprint density at radius 2 is 1.00 bits per heavy atom. The molecule has 0 amide bonds. The molecule has 0 spiro atoms. The van der Waals surface area contributed by atoms with Gasteiger partial charge in [-0.2, -0.15) is 0 Å². The van der Waals surface area contributed by atoms with E-state index in [0.29, 0.717) is 0 Å². The molecule has 0 radical (unpaired) electrons. The van der Waals surface area contributed by atoms with E-state index >= 15 is 0 Å². The van der Waals surface area contributed by atoms with Crippen molar-refractivity contribution in [3.63, 3.8) is 0 Å². The van der Waals surface area contributed by atoms with Crippen LogP contribution < -0.4 is 0 Å². The fourth-order valence-corrected chi connectivity index (χ4v) is 0. The van der Waals surface area contributed by atoms with Gasteiger partial charge in [0.15, 0.2) is 17.4 Å². The zero-order valence-electron chi connectivity index (χ0n) is 1.41. The van der Waals surface area contributed by atoms with Crippen LogP contribution in [0.2, 0.25) is 0 Å². The van der Waals surface area contributed by atoms with Gasteiger partial charge >= 0.3 is 69.9 Å². The summed E-state index contributed by atoms with van der Waals surface area (Å²) in [5.41, 5.74) is 0. The molecule has 0 N–H and O–H groups in total. The monoisotopic (exact) mass is 502 g/mol. The fourth-order valence-electron chi connectivity index (χ4n) is 0. The standard InChI is InChI=1S/Al.Bi.Ga.Sn.Zn.13H. The van der Waals surface area contributed by atoms with Crippen LogP contribution in [0.25, 0.3) is 0 Å². The first-order valence-electron chi connectivity index (χ1n) is 0. The first kappa shape index (κ1) is 39.2. The number of rotatable bonds is 0. The SMILES string of the molecule is [AlH3].[BiH3].[GaH3].[SnH4].[Zn]. The van der Waals surface area contributed by atoms with Crippen LogP contribution in [0, 0.1) is 0 Å². The van der Waals surface area contributed by atoms with Gasteiger partial charge in [0.25, 0.3) is 0 Å². The predicted molar refractivity (Wildman–Crippen MR) is 41.2 cm³/mol. The van der Waals surface area contributed by atoms with Crippen molar-refractivity contribution in [3.05, 3.63) is 0 Å². The molecule has 0 atom stereocenters. The van der Waals surface area contributed by atoms with Crippen molar-refractivity contribution in [1.29, 1.82) is 0 Å². The van der Waals surface area contributed by atoms with Crippen molar-refractivity contribution in [2.24, 2.45) is 0 Å². The normalized spacial score (nSPS) is 0. The maximum Gasteiger partial charge on any atom is 0 e. The topological polar surface area (TPSA) is 0 Å². The fraction of sp³-hybridized carbons (Fsp3) is 0. The summed E-state index contributed by atoms with van der Waals surface area (Å²) in [6, 6.07) is 0. The summed E-state index contributed by atoms with van der Waals surface area (Å²) in [5.74, 6) is 0. The van der Waals surface area contributed by atoms with Gasteiger partial charge < -0.3 is 0 Å². The van der Waals surface area contributed by atoms with E-state index in [1.54, 1.807) is 0 Å². The van der Waals surface area contributed by atoms with E-state index in [2.05, 4.69) is 0 Å². The van der Waals surface area contributed by atoms with Crippen molar-refractivity contribution >= 4 is 87.3 Å². The van der Waals surface area contributed by atoms with Gasteiger partial charge in [0.05, 0.1) is 0 Å². The van der Waals surface area contributed by atoms with Gasteiger partial charge in [-0.1, -0.05) is 0 Å². The first-order valence-corrected chi connectivity index (χ1v) is 0. The van der Waals surface area contributed by atoms with Gasteiger partial charge in [-0.15, -0.1) is 0 Å². The molecular formula is H13AlBiGaSnZn. The smallest absolute Gasteiger partial charge is 0 e. The average molecular weight is 503 g/mol. The van der Waals surface area contributed by atoms with Crippen molar-refractivity contribution in [3.8, 4) is 0 Å². The minimum atomic E-state index is 0. The third-order valence-corrected chi connectivity index (χ3v) is 0. The summed E-state index contributed by atoms with van der Waals surface area (Å²) in [6.45, 7) is 0. The zero-order valence-corrected chi connectivity index (χ0v) is 9.88. The van der Waals surface area contributed by atoms with Gasteiger partial charge in [0, 0.05) is 19.5 Å². The zero-order chi connectivity index (χ0) is 0. The van der Waals surface area contributed by atoms with E-state index in [-0.39, 0.29) is 107 Å². The molecule has 5 heteroatoms. The molecule has 0 saturated carbocycles. The van der Waals surface area contributed by atoms with Gasteiger partial charge in [0.2, 0.25) is 0 Å². The first-order chi connectivity index (χ1) is 0. The van der Waals surface area contributed by atoms with E-state index in [1.807, 2.05) is 0 Å². The van der Waals surface area contributed by atoms with E-state index in [1.165, 1.54) is 0 Å². The Balaban J connectivity index is 0. The van der Waals surface area contributed by atoms with Crippen LogP contribution in [0.15, 0.2) is 0 Å². The van der Waals surface area contributed by atoms with E-state index in [0.717, 1.165) is 0 Å². The molecule has 30 valence electrons. The maximum absolute atomic E-state index is 0. The summed E-state index contributed by atoms with van der Waals surface area (Å²) in [6.07, 6.45) is 0. The van der Waals surface area contributed by atoms with Gasteiger partial charge in [-0.25, -0.2) is 0 Å². The quantitative estimate of drug-likeness (QED) is 0.291. The molecule has 0 fully saturated rings. The Bertz CT molecular complexity index is 11.6. The third-order valence-electron chi connectivity index (χ3n) is 0. The summed E-state index contributed by atoms with van der Waals surface area (Å²) in [5, 5.41) is 0. The minimum Gasteiger partial charge on any atom is 0 e. The molecule has 0 aliphatic rings. The molecule has 0 rings (SSSR count). The summed E-state index contributed by atoms with van der Waals surface area (Å²) >= 11 is 0. The van der Waals surface area contributed by atoms with E-state index < -0.39 is 0 Å². The predicted octanol–water partition coefficient (Wildman–Crippen LogP) is -5.01. The molecular weight excluding hydrogens is 490 g/mol. The summed E-state index contributed by atoms with van der Waals surface area (Å²) < 4.78 is 0. The molecule has 0 bridgehead atoms. The van der Waals surface area contributed by atoms with Crippen LogP contribution in [0.3, 0.4) is 0 Å². The third kappa shape index (κ3) is 18.6. The Morgan fingerprint density at radius 3 is 1.00 bits per heavy atom. The second kappa shape index (κ2) is 26.0. The largest absolute Gasteiger partial charge is 0 e. The summed E-state index contributed by atoms with van der Waals surface area (Å²) in [7, 11) is 0. The van der Waals surface area contributed by atoms with Crippen LogP contribution in [-0.4, -0.2) is 87.3 Å². The van der Waals surface area contributed by atoms with Gasteiger partial charge in [-0.3, -0.25) is 0 Å². The Hall–Kier alpha value is 3.47. The van der Waals surface area contributed by atoms with Crippen molar-refractivity contribution in [1.82, 2.24) is 0 Å². The van der Waals surface area contributed by atoms with Crippen LogP contribution >= 0.6 is 0 Å². The Labute approximate surface area is 105 Å². The van der Waals surface area contributed by atoms with Crippen LogP contribution in [-0.2, 0) is 19.5 Å². The Morgan fingerprint density at radius 1 is 1.00 bits per heavy atom. The van der Waals surface area contributed by atoms with Crippen molar-refractivity contribution in [2.75, 3.05) is 0 Å². The molecule has 0 aromatic rings. The second-order valence-electron chi connectivity index (χ2n) is 0. The van der Waals surface area contributed by atoms with Crippen molar-refractivity contribution < 1.29 is 19.5 Å². The maximum atomic E-state index is 0. The average Bonchev–Trinajstić information content (AvgIpc) is 0. The van der Waals surface area contributed by atoms with Crippen molar-refractivity contribution in [2.45, 2.75) is 0 Å². The van der Waals surface area contributed by atoms with Gasteiger partial charge in [-0.05, 0) is 0 Å². The molecule has 0 unspecified atom stereocenters. The Kier molecular flexibility index (Phi) is 204. The molecule has 0 aromatic carbocycles. The molecule has 5 heavy (non-hydrogen) atoms. The molecule has 0 heterocycles. The van der Waals surface area contributed by atoms with Gasteiger partial charge in [0.1, 0.15) is 0 Å². The van der Waals surface area contributed by atoms with Crippen LogP contribution in [0.1, 0.15) is 0 Å². The minimum absolute atomic E-state index is 0. The molecule has 0 aromatic heterocycles.